The molecule has 0 spiro atoms. The third kappa shape index (κ3) is 12.2. The number of ether oxygens (including phenoxy) is 1. The average Bonchev–Trinajstić information content (AvgIpc) is 2.12. The number of hydrogen-bond acceptors (Lipinski definition) is 3. The molecule has 0 heterocycles. The minimum absolute atomic E-state index is 0.451. The Bertz CT molecular complexity index is 313. The summed E-state index contributed by atoms with van der Waals surface area (Å²) < 4.78 is 5.03. The van der Waals surface area contributed by atoms with E-state index in [1.165, 1.54) is 6.08 Å². The summed E-state index contributed by atoms with van der Waals surface area (Å²) >= 11 is 0. The number of carboxylic acid groups (broad SMARTS) is 1. The molecule has 0 aromatic rings. The van der Waals surface area contributed by atoms with Crippen LogP contribution in [0.15, 0.2) is 24.3 Å². The lowest BCUT2D eigenvalue weighted by Gasteiger charge is -2.19. The summed E-state index contributed by atoms with van der Waals surface area (Å²) in [6.07, 6.45) is 6.00. The lowest BCUT2D eigenvalue weighted by atomic mass is 10.2. The third-order valence-electron chi connectivity index (χ3n) is 1.47. The van der Waals surface area contributed by atoms with Gasteiger partial charge in [0, 0.05) is 12.6 Å². The number of hydrogen-bond donors (Lipinski definition) is 2. The molecule has 0 rings (SSSR count). The van der Waals surface area contributed by atoms with Crippen LogP contribution in [-0.4, -0.2) is 29.3 Å². The molecule has 0 radical (unpaired) electrons. The zero-order valence-corrected chi connectivity index (χ0v) is 10.4. The van der Waals surface area contributed by atoms with Gasteiger partial charge in [0.05, 0.1) is 0 Å². The summed E-state index contributed by atoms with van der Waals surface area (Å²) in [6.45, 7) is 5.84. The first kappa shape index (κ1) is 15.2. The maximum absolute atomic E-state index is 11.2. The summed E-state index contributed by atoms with van der Waals surface area (Å²) in [5, 5.41) is 10.9. The Kier molecular flexibility index (Phi) is 6.70. The molecule has 0 unspecified atom stereocenters. The minimum atomic E-state index is -0.985. The van der Waals surface area contributed by atoms with Crippen molar-refractivity contribution in [2.75, 3.05) is 6.54 Å². The Labute approximate surface area is 101 Å². The topological polar surface area (TPSA) is 75.6 Å². The molecule has 0 saturated heterocycles. The molecule has 0 aromatic carbocycles. The van der Waals surface area contributed by atoms with Crippen molar-refractivity contribution in [1.29, 1.82) is 0 Å². The van der Waals surface area contributed by atoms with Crippen LogP contribution in [0.5, 0.6) is 0 Å². The van der Waals surface area contributed by atoms with Gasteiger partial charge in [0.2, 0.25) is 0 Å². The number of nitrogens with one attached hydrogen (secondary N) is 1. The van der Waals surface area contributed by atoms with Crippen LogP contribution in [0, 0.1) is 0 Å². The second-order valence-electron chi connectivity index (χ2n) is 4.34. The van der Waals surface area contributed by atoms with E-state index < -0.39 is 17.7 Å². The van der Waals surface area contributed by atoms with Gasteiger partial charge < -0.3 is 15.2 Å². The molecular formula is C12H19NO4. The van der Waals surface area contributed by atoms with E-state index in [1.54, 1.807) is 32.9 Å². The molecule has 5 nitrogen and oxygen atoms in total. The van der Waals surface area contributed by atoms with Gasteiger partial charge in [0.15, 0.2) is 0 Å². The first-order valence-corrected chi connectivity index (χ1v) is 5.34. The molecule has 0 bridgehead atoms. The van der Waals surface area contributed by atoms with Crippen molar-refractivity contribution in [3.8, 4) is 0 Å². The molecule has 0 aliphatic carbocycles. The SMILES string of the molecule is CC(C)(C)OC(=O)NCC/C=C/C=C/C(=O)O. The Morgan fingerprint density at radius 1 is 1.29 bits per heavy atom. The van der Waals surface area contributed by atoms with Gasteiger partial charge >= 0.3 is 12.1 Å². The van der Waals surface area contributed by atoms with Gasteiger partial charge in [-0.3, -0.25) is 0 Å². The third-order valence-corrected chi connectivity index (χ3v) is 1.47. The van der Waals surface area contributed by atoms with Crippen molar-refractivity contribution < 1.29 is 19.4 Å². The second kappa shape index (κ2) is 7.49. The molecule has 0 fully saturated rings. The van der Waals surface area contributed by atoms with Crippen molar-refractivity contribution in [3.05, 3.63) is 24.3 Å². The largest absolute Gasteiger partial charge is 0.478 e. The smallest absolute Gasteiger partial charge is 0.407 e. The number of allylic oxidation sites excluding steroid dienone is 2. The Hall–Kier alpha value is -1.78. The highest BCUT2D eigenvalue weighted by molar-refractivity contribution is 5.80. The van der Waals surface area contributed by atoms with E-state index in [-0.39, 0.29) is 0 Å². The van der Waals surface area contributed by atoms with Gasteiger partial charge in [-0.25, -0.2) is 9.59 Å². The summed E-state index contributed by atoms with van der Waals surface area (Å²) in [5.74, 6) is -0.985. The molecule has 17 heavy (non-hydrogen) atoms. The quantitative estimate of drug-likeness (QED) is 0.439. The van der Waals surface area contributed by atoms with E-state index >= 15 is 0 Å². The van der Waals surface area contributed by atoms with Gasteiger partial charge in [-0.05, 0) is 27.2 Å². The van der Waals surface area contributed by atoms with Crippen LogP contribution < -0.4 is 5.32 Å². The van der Waals surface area contributed by atoms with Crippen molar-refractivity contribution in [2.24, 2.45) is 0 Å². The van der Waals surface area contributed by atoms with Crippen LogP contribution in [0.2, 0.25) is 0 Å². The van der Waals surface area contributed by atoms with Crippen LogP contribution in [-0.2, 0) is 9.53 Å². The van der Waals surface area contributed by atoms with Crippen molar-refractivity contribution in [2.45, 2.75) is 32.8 Å². The maximum Gasteiger partial charge on any atom is 0.407 e. The highest BCUT2D eigenvalue weighted by Gasteiger charge is 2.14. The Morgan fingerprint density at radius 3 is 2.47 bits per heavy atom. The Morgan fingerprint density at radius 2 is 1.94 bits per heavy atom. The van der Waals surface area contributed by atoms with E-state index in [4.69, 9.17) is 9.84 Å². The first-order chi connectivity index (χ1) is 7.81. The van der Waals surface area contributed by atoms with Crippen LogP contribution in [0.1, 0.15) is 27.2 Å². The van der Waals surface area contributed by atoms with Crippen LogP contribution in [0.4, 0.5) is 4.79 Å². The molecule has 0 aliphatic heterocycles. The summed E-state index contributed by atoms with van der Waals surface area (Å²) in [6, 6.07) is 0. The van der Waals surface area contributed by atoms with Crippen LogP contribution >= 0.6 is 0 Å². The number of alkyl carbamates (subject to hydrolysis) is 1. The predicted octanol–water partition coefficient (Wildman–Crippen LogP) is 2.10. The normalized spacial score (nSPS) is 11.9. The maximum atomic E-state index is 11.2. The molecular weight excluding hydrogens is 222 g/mol. The van der Waals surface area contributed by atoms with Crippen LogP contribution in [0.3, 0.4) is 0 Å². The number of carbonyl (C=O) groups excluding carboxylic acids is 1. The fourth-order valence-corrected chi connectivity index (χ4v) is 0.884. The highest BCUT2D eigenvalue weighted by atomic mass is 16.6. The van der Waals surface area contributed by atoms with Crippen molar-refractivity contribution >= 4 is 12.1 Å². The monoisotopic (exact) mass is 241 g/mol. The molecule has 0 saturated carbocycles. The van der Waals surface area contributed by atoms with E-state index in [2.05, 4.69) is 5.32 Å². The van der Waals surface area contributed by atoms with Gasteiger partial charge in [0.1, 0.15) is 5.60 Å². The van der Waals surface area contributed by atoms with Gasteiger partial charge in [-0.1, -0.05) is 18.2 Å². The van der Waals surface area contributed by atoms with Gasteiger partial charge in [0.25, 0.3) is 0 Å². The number of carbonyl (C=O) groups is 2. The van der Waals surface area contributed by atoms with Crippen LogP contribution in [0.25, 0.3) is 0 Å². The lowest BCUT2D eigenvalue weighted by Crippen LogP contribution is -2.32. The molecule has 0 aromatic heterocycles. The number of carboxylic acids is 1. The molecule has 96 valence electrons. The number of rotatable bonds is 5. The van der Waals surface area contributed by atoms with E-state index in [9.17, 15) is 9.59 Å². The molecule has 2 N–H and O–H groups in total. The molecule has 1 amide bonds. The van der Waals surface area contributed by atoms with Crippen molar-refractivity contribution in [1.82, 2.24) is 5.32 Å². The zero-order valence-electron chi connectivity index (χ0n) is 10.4. The van der Waals surface area contributed by atoms with E-state index in [1.807, 2.05) is 0 Å². The summed E-state index contributed by atoms with van der Waals surface area (Å²) in [7, 11) is 0. The van der Waals surface area contributed by atoms with E-state index in [0.717, 1.165) is 6.08 Å². The number of amides is 1. The van der Waals surface area contributed by atoms with Gasteiger partial charge in [-0.2, -0.15) is 0 Å². The first-order valence-electron chi connectivity index (χ1n) is 5.34. The lowest BCUT2D eigenvalue weighted by molar-refractivity contribution is -0.131. The molecule has 5 heteroatoms. The number of aliphatic carboxylic acids is 1. The second-order valence-corrected chi connectivity index (χ2v) is 4.34. The predicted molar refractivity (Wildman–Crippen MR) is 64.8 cm³/mol. The van der Waals surface area contributed by atoms with Crippen molar-refractivity contribution in [3.63, 3.8) is 0 Å². The van der Waals surface area contributed by atoms with E-state index in [0.29, 0.717) is 13.0 Å². The summed E-state index contributed by atoms with van der Waals surface area (Å²) in [4.78, 5) is 21.3. The van der Waals surface area contributed by atoms with Gasteiger partial charge in [-0.15, -0.1) is 0 Å². The zero-order chi connectivity index (χ0) is 13.3. The molecule has 0 aliphatic rings. The minimum Gasteiger partial charge on any atom is -0.478 e. The highest BCUT2D eigenvalue weighted by Crippen LogP contribution is 2.06. The summed E-state index contributed by atoms with van der Waals surface area (Å²) in [5.41, 5.74) is -0.496. The fourth-order valence-electron chi connectivity index (χ4n) is 0.884. The fraction of sp³-hybridized carbons (Fsp3) is 0.500. The average molecular weight is 241 g/mol. The molecule has 0 atom stereocenters. The standard InChI is InChI=1S/C12H19NO4/c1-12(2,3)17-11(16)13-9-7-5-4-6-8-10(14)15/h4-6,8H,7,9H2,1-3H3,(H,13,16)(H,14,15)/b5-4+,8-6+. The Balaban J connectivity index is 3.65.